The van der Waals surface area contributed by atoms with Gasteiger partial charge in [-0.25, -0.2) is 4.52 Å². The van der Waals surface area contributed by atoms with Gasteiger partial charge in [0, 0.05) is 48.4 Å². The van der Waals surface area contributed by atoms with Gasteiger partial charge in [0.1, 0.15) is 11.4 Å². The monoisotopic (exact) mass is 419 g/mol. The normalized spacial score (nSPS) is 18.1. The van der Waals surface area contributed by atoms with Crippen molar-refractivity contribution in [3.05, 3.63) is 70.7 Å². The predicted octanol–water partition coefficient (Wildman–Crippen LogP) is 3.96. The molecular weight excluding hydrogens is 394 g/mol. The zero-order chi connectivity index (χ0) is 20.5. The van der Waals surface area contributed by atoms with Crippen LogP contribution in [0.4, 0.5) is 0 Å². The molecule has 1 fully saturated rings. The number of benzene rings is 1. The van der Waals surface area contributed by atoms with Gasteiger partial charge in [0.25, 0.3) is 0 Å². The Morgan fingerprint density at radius 1 is 1.10 bits per heavy atom. The molecule has 0 bridgehead atoms. The number of fused-ring (bicyclic) bond motifs is 1. The van der Waals surface area contributed by atoms with Gasteiger partial charge >= 0.3 is 0 Å². The van der Waals surface area contributed by atoms with E-state index in [0.29, 0.717) is 0 Å². The first-order valence-electron chi connectivity index (χ1n) is 10.2. The van der Waals surface area contributed by atoms with E-state index in [1.807, 2.05) is 40.2 Å². The number of rotatable bonds is 5. The summed E-state index contributed by atoms with van der Waals surface area (Å²) in [7, 11) is 3.88. The van der Waals surface area contributed by atoms with Gasteiger partial charge in [-0.05, 0) is 30.6 Å². The van der Waals surface area contributed by atoms with Crippen LogP contribution in [0.3, 0.4) is 0 Å². The number of ether oxygens (including phenoxy) is 1. The standard InChI is InChI=1S/C23H25N5OS/c1-26-11-12-27(15-18-6-5-13-30-18)16-21(26)23-20-10-9-17(14-28(20)25-24-23)19-7-3-4-8-22(19)29-2/h3-10,13-14,21H,11-12,15-16H2,1-2H3. The summed E-state index contributed by atoms with van der Waals surface area (Å²) in [4.78, 5) is 6.32. The molecule has 6 nitrogen and oxygen atoms in total. The SMILES string of the molecule is COc1ccccc1-c1ccc2c(C3CN(Cc4cccs4)CCN3C)nnn2c1. The van der Waals surface area contributed by atoms with Crippen LogP contribution in [0.25, 0.3) is 16.6 Å². The molecule has 3 aromatic heterocycles. The first-order valence-corrected chi connectivity index (χ1v) is 11.0. The van der Waals surface area contributed by atoms with E-state index in [4.69, 9.17) is 4.74 Å². The molecule has 1 aliphatic rings. The molecule has 1 atom stereocenters. The van der Waals surface area contributed by atoms with Gasteiger partial charge in [-0.3, -0.25) is 9.80 Å². The van der Waals surface area contributed by atoms with Crippen molar-refractivity contribution in [3.63, 3.8) is 0 Å². The van der Waals surface area contributed by atoms with Gasteiger partial charge in [0.15, 0.2) is 0 Å². The third-order valence-electron chi connectivity index (χ3n) is 5.87. The zero-order valence-corrected chi connectivity index (χ0v) is 18.0. The lowest BCUT2D eigenvalue weighted by Gasteiger charge is -2.38. The van der Waals surface area contributed by atoms with Crippen LogP contribution in [-0.4, -0.2) is 58.4 Å². The first kappa shape index (κ1) is 19.2. The molecule has 0 radical (unpaired) electrons. The molecule has 1 saturated heterocycles. The molecule has 1 aliphatic heterocycles. The van der Waals surface area contributed by atoms with E-state index >= 15 is 0 Å². The summed E-state index contributed by atoms with van der Waals surface area (Å²) in [6.07, 6.45) is 2.04. The molecule has 5 rings (SSSR count). The number of piperazine rings is 1. The molecule has 1 aromatic carbocycles. The van der Waals surface area contributed by atoms with Crippen LogP contribution < -0.4 is 4.74 Å². The summed E-state index contributed by atoms with van der Waals surface area (Å²) in [5.41, 5.74) is 4.21. The summed E-state index contributed by atoms with van der Waals surface area (Å²) in [6, 6.07) is 16.9. The number of nitrogens with zero attached hydrogens (tertiary/aromatic N) is 5. The molecule has 7 heteroatoms. The number of methoxy groups -OCH3 is 1. The quantitative estimate of drug-likeness (QED) is 0.490. The summed E-state index contributed by atoms with van der Waals surface area (Å²) in [5.74, 6) is 0.855. The molecule has 0 saturated carbocycles. The third-order valence-corrected chi connectivity index (χ3v) is 6.73. The predicted molar refractivity (Wildman–Crippen MR) is 120 cm³/mol. The number of para-hydroxylation sites is 1. The Balaban J connectivity index is 1.44. The average Bonchev–Trinajstić information content (AvgIpc) is 3.44. The van der Waals surface area contributed by atoms with Crippen molar-refractivity contribution < 1.29 is 4.74 Å². The molecule has 4 aromatic rings. The van der Waals surface area contributed by atoms with Crippen LogP contribution in [0.2, 0.25) is 0 Å². The van der Waals surface area contributed by atoms with E-state index in [1.165, 1.54) is 4.88 Å². The highest BCUT2D eigenvalue weighted by molar-refractivity contribution is 7.09. The van der Waals surface area contributed by atoms with E-state index in [1.54, 1.807) is 7.11 Å². The van der Waals surface area contributed by atoms with Crippen LogP contribution in [0.1, 0.15) is 16.6 Å². The Morgan fingerprint density at radius 2 is 2.00 bits per heavy atom. The molecule has 0 aliphatic carbocycles. The van der Waals surface area contributed by atoms with Crippen molar-refractivity contribution in [1.82, 2.24) is 24.6 Å². The minimum atomic E-state index is 0.230. The maximum atomic E-state index is 5.52. The van der Waals surface area contributed by atoms with Crippen LogP contribution in [0, 0.1) is 0 Å². The van der Waals surface area contributed by atoms with Gasteiger partial charge in [-0.1, -0.05) is 35.5 Å². The van der Waals surface area contributed by atoms with Crippen molar-refractivity contribution in [2.45, 2.75) is 12.6 Å². The van der Waals surface area contributed by atoms with Crippen molar-refractivity contribution >= 4 is 16.9 Å². The largest absolute Gasteiger partial charge is 0.496 e. The van der Waals surface area contributed by atoms with E-state index in [0.717, 1.165) is 54.3 Å². The lowest BCUT2D eigenvalue weighted by Crippen LogP contribution is -2.46. The van der Waals surface area contributed by atoms with Gasteiger partial charge in [0.2, 0.25) is 0 Å². The van der Waals surface area contributed by atoms with Gasteiger partial charge in [0.05, 0.1) is 18.7 Å². The lowest BCUT2D eigenvalue weighted by molar-refractivity contribution is 0.0896. The minimum absolute atomic E-state index is 0.230. The number of aromatic nitrogens is 3. The maximum Gasteiger partial charge on any atom is 0.126 e. The summed E-state index contributed by atoms with van der Waals surface area (Å²) >= 11 is 1.82. The maximum absolute atomic E-state index is 5.52. The molecule has 30 heavy (non-hydrogen) atoms. The van der Waals surface area contributed by atoms with Crippen LogP contribution in [0.15, 0.2) is 60.1 Å². The highest BCUT2D eigenvalue weighted by Gasteiger charge is 2.29. The number of hydrogen-bond acceptors (Lipinski definition) is 6. The van der Waals surface area contributed by atoms with E-state index < -0.39 is 0 Å². The fraction of sp³-hybridized carbons (Fsp3) is 0.304. The minimum Gasteiger partial charge on any atom is -0.496 e. The van der Waals surface area contributed by atoms with Crippen molar-refractivity contribution in [1.29, 1.82) is 0 Å². The Kier molecular flexibility index (Phi) is 5.25. The van der Waals surface area contributed by atoms with Crippen LogP contribution in [-0.2, 0) is 6.54 Å². The Morgan fingerprint density at radius 3 is 2.83 bits per heavy atom. The van der Waals surface area contributed by atoms with Crippen LogP contribution in [0.5, 0.6) is 5.75 Å². The molecule has 0 spiro atoms. The first-order chi connectivity index (χ1) is 14.7. The third kappa shape index (κ3) is 3.60. The second-order valence-electron chi connectivity index (χ2n) is 7.73. The summed E-state index contributed by atoms with van der Waals surface area (Å²) in [6.45, 7) is 4.05. The number of pyridine rings is 1. The number of thiophene rings is 1. The second kappa shape index (κ2) is 8.18. The van der Waals surface area contributed by atoms with Gasteiger partial charge in [-0.15, -0.1) is 16.4 Å². The number of likely N-dealkylation sites (N-methyl/N-ethyl adjacent to an activating group) is 1. The van der Waals surface area contributed by atoms with E-state index in [2.05, 4.69) is 62.9 Å². The second-order valence-corrected chi connectivity index (χ2v) is 8.77. The Labute approximate surface area is 180 Å². The fourth-order valence-corrected chi connectivity index (χ4v) is 4.93. The highest BCUT2D eigenvalue weighted by atomic mass is 32.1. The lowest BCUT2D eigenvalue weighted by atomic mass is 10.0. The molecule has 154 valence electrons. The topological polar surface area (TPSA) is 45.9 Å². The van der Waals surface area contributed by atoms with E-state index in [9.17, 15) is 0 Å². The Hall–Kier alpha value is -2.74. The smallest absolute Gasteiger partial charge is 0.126 e. The van der Waals surface area contributed by atoms with Crippen molar-refractivity contribution in [2.24, 2.45) is 0 Å². The van der Waals surface area contributed by atoms with Crippen LogP contribution >= 0.6 is 11.3 Å². The molecule has 4 heterocycles. The zero-order valence-electron chi connectivity index (χ0n) is 17.2. The Bertz CT molecular complexity index is 1140. The molecule has 1 unspecified atom stereocenters. The van der Waals surface area contributed by atoms with Gasteiger partial charge in [-0.2, -0.15) is 0 Å². The van der Waals surface area contributed by atoms with Crippen molar-refractivity contribution in [2.75, 3.05) is 33.8 Å². The van der Waals surface area contributed by atoms with Crippen molar-refractivity contribution in [3.8, 4) is 16.9 Å². The average molecular weight is 420 g/mol. The highest BCUT2D eigenvalue weighted by Crippen LogP contribution is 2.32. The molecule has 0 N–H and O–H groups in total. The molecule has 0 amide bonds. The fourth-order valence-electron chi connectivity index (χ4n) is 4.19. The summed E-state index contributed by atoms with van der Waals surface area (Å²) in [5, 5.41) is 11.2. The van der Waals surface area contributed by atoms with Gasteiger partial charge < -0.3 is 4.74 Å². The van der Waals surface area contributed by atoms with E-state index in [-0.39, 0.29) is 6.04 Å². The number of hydrogen-bond donors (Lipinski definition) is 0. The molecular formula is C23H25N5OS. The summed E-state index contributed by atoms with van der Waals surface area (Å²) < 4.78 is 7.42.